The zero-order valence-corrected chi connectivity index (χ0v) is 18.5. The maximum absolute atomic E-state index is 12.4. The first-order valence-corrected chi connectivity index (χ1v) is 11.2. The summed E-state index contributed by atoms with van der Waals surface area (Å²) in [6.45, 7) is 6.19. The smallest absolute Gasteiger partial charge is 0.264 e. The highest BCUT2D eigenvalue weighted by atomic mass is 32.2. The van der Waals surface area contributed by atoms with Gasteiger partial charge in [0.15, 0.2) is 5.11 Å². The molecule has 1 aromatic heterocycles. The molecule has 3 N–H and O–H groups in total. The maximum Gasteiger partial charge on any atom is 0.264 e. The van der Waals surface area contributed by atoms with Gasteiger partial charge in [0.25, 0.3) is 10.0 Å². The first-order valence-electron chi connectivity index (χ1n) is 9.29. The number of rotatable bonds is 6. The monoisotopic (exact) mass is 441 g/mol. The van der Waals surface area contributed by atoms with Gasteiger partial charge >= 0.3 is 0 Å². The summed E-state index contributed by atoms with van der Waals surface area (Å²) in [6.07, 6.45) is 2.93. The maximum atomic E-state index is 12.4. The van der Waals surface area contributed by atoms with Crippen LogP contribution in [0, 0.1) is 13.8 Å². The van der Waals surface area contributed by atoms with Gasteiger partial charge in [0.1, 0.15) is 0 Å². The van der Waals surface area contributed by atoms with E-state index >= 15 is 0 Å². The highest BCUT2D eigenvalue weighted by Gasteiger charge is 2.15. The number of nitrogens with zero attached hydrogens (tertiary/aromatic N) is 2. The Morgan fingerprint density at radius 1 is 1.00 bits per heavy atom. The average molecular weight is 442 g/mol. The summed E-state index contributed by atoms with van der Waals surface area (Å²) in [7, 11) is -3.77. The molecule has 0 radical (unpaired) electrons. The van der Waals surface area contributed by atoms with Crippen LogP contribution < -0.4 is 15.4 Å². The van der Waals surface area contributed by atoms with Crippen molar-refractivity contribution in [2.24, 2.45) is 0 Å². The summed E-state index contributed by atoms with van der Waals surface area (Å²) in [5.74, 6) is 0.0189. The Morgan fingerprint density at radius 3 is 2.30 bits per heavy atom. The molecule has 0 saturated carbocycles. The van der Waals surface area contributed by atoms with Crippen LogP contribution in [0.5, 0.6) is 0 Å². The van der Waals surface area contributed by atoms with E-state index in [-0.39, 0.29) is 16.9 Å². The minimum Gasteiger partial charge on any atom is -0.356 e. The van der Waals surface area contributed by atoms with Gasteiger partial charge in [-0.15, -0.1) is 0 Å². The molecule has 0 aliphatic carbocycles. The minimum atomic E-state index is -3.77. The second-order valence-corrected chi connectivity index (χ2v) is 8.96. The Bertz CT molecular complexity index is 1130. The van der Waals surface area contributed by atoms with Gasteiger partial charge in [-0.1, -0.05) is 18.2 Å². The van der Waals surface area contributed by atoms with Crippen molar-refractivity contribution in [3.05, 3.63) is 77.6 Å². The first-order chi connectivity index (χ1) is 14.2. The first kappa shape index (κ1) is 21.7. The summed E-state index contributed by atoms with van der Waals surface area (Å²) < 4.78 is 27.2. The fraction of sp³-hybridized carbons (Fsp3) is 0.190. The lowest BCUT2D eigenvalue weighted by Gasteiger charge is -2.18. The van der Waals surface area contributed by atoms with Gasteiger partial charge in [0.2, 0.25) is 5.95 Å². The fourth-order valence-electron chi connectivity index (χ4n) is 2.73. The fourth-order valence-corrected chi connectivity index (χ4v) is 3.98. The molecule has 0 bridgehead atoms. The Balaban J connectivity index is 1.62. The number of aryl methyl sites for hydroxylation is 2. The van der Waals surface area contributed by atoms with E-state index in [1.165, 1.54) is 35.7 Å². The third kappa shape index (κ3) is 5.52. The van der Waals surface area contributed by atoms with E-state index in [1.54, 1.807) is 18.2 Å². The normalized spacial score (nSPS) is 12.1. The van der Waals surface area contributed by atoms with Crippen molar-refractivity contribution < 1.29 is 8.42 Å². The molecule has 0 aliphatic rings. The Labute approximate surface area is 182 Å². The molecular weight excluding hydrogens is 418 g/mol. The van der Waals surface area contributed by atoms with Crippen LogP contribution in [0.3, 0.4) is 0 Å². The van der Waals surface area contributed by atoms with Crippen LogP contribution in [0.1, 0.15) is 29.7 Å². The third-order valence-electron chi connectivity index (χ3n) is 4.59. The second kappa shape index (κ2) is 9.19. The van der Waals surface area contributed by atoms with Gasteiger partial charge < -0.3 is 10.6 Å². The molecule has 1 unspecified atom stereocenters. The summed E-state index contributed by atoms with van der Waals surface area (Å²) in [6, 6.07) is 14.2. The van der Waals surface area contributed by atoms with Gasteiger partial charge in [-0.05, 0) is 80.0 Å². The SMILES string of the molecule is Cc1ccc(C(C)NC(=S)Nc2ccc(S(=O)(=O)Nc3ncccn3)cc2)cc1C. The van der Waals surface area contributed by atoms with Crippen LogP contribution in [0.25, 0.3) is 0 Å². The van der Waals surface area contributed by atoms with Crippen molar-refractivity contribution in [1.82, 2.24) is 15.3 Å². The molecule has 3 aromatic rings. The molecule has 0 amide bonds. The molecule has 1 atom stereocenters. The quantitative estimate of drug-likeness (QED) is 0.499. The number of nitrogens with one attached hydrogen (secondary N) is 3. The molecule has 3 rings (SSSR count). The second-order valence-electron chi connectivity index (χ2n) is 6.87. The van der Waals surface area contributed by atoms with Crippen molar-refractivity contribution in [3.63, 3.8) is 0 Å². The van der Waals surface area contributed by atoms with Crippen LogP contribution in [0.4, 0.5) is 11.6 Å². The van der Waals surface area contributed by atoms with E-state index in [9.17, 15) is 8.42 Å². The van der Waals surface area contributed by atoms with E-state index in [1.807, 2.05) is 6.92 Å². The van der Waals surface area contributed by atoms with Gasteiger partial charge in [-0.2, -0.15) is 0 Å². The molecule has 0 aliphatic heterocycles. The number of hydrogen-bond acceptors (Lipinski definition) is 5. The van der Waals surface area contributed by atoms with E-state index in [0.717, 1.165) is 5.56 Å². The van der Waals surface area contributed by atoms with Crippen LogP contribution >= 0.6 is 12.2 Å². The van der Waals surface area contributed by atoms with Crippen LogP contribution in [0.2, 0.25) is 0 Å². The molecule has 30 heavy (non-hydrogen) atoms. The molecule has 2 aromatic carbocycles. The topological polar surface area (TPSA) is 96.0 Å². The molecule has 156 valence electrons. The molecule has 9 heteroatoms. The van der Waals surface area contributed by atoms with Crippen LogP contribution in [-0.4, -0.2) is 23.5 Å². The molecule has 7 nitrogen and oxygen atoms in total. The van der Waals surface area contributed by atoms with E-state index in [4.69, 9.17) is 12.2 Å². The molecule has 0 saturated heterocycles. The zero-order valence-electron chi connectivity index (χ0n) is 16.9. The van der Waals surface area contributed by atoms with Crippen molar-refractivity contribution in [2.75, 3.05) is 10.0 Å². The molecule has 0 fully saturated rings. The van der Waals surface area contributed by atoms with Crippen LogP contribution in [-0.2, 0) is 10.0 Å². The number of benzene rings is 2. The molecule has 0 spiro atoms. The summed E-state index contributed by atoms with van der Waals surface area (Å²) in [4.78, 5) is 7.84. The predicted octanol–water partition coefficient (Wildman–Crippen LogP) is 3.94. The van der Waals surface area contributed by atoms with E-state index in [0.29, 0.717) is 10.8 Å². The number of hydrogen-bond donors (Lipinski definition) is 3. The summed E-state index contributed by atoms with van der Waals surface area (Å²) in [5.41, 5.74) is 4.29. The highest BCUT2D eigenvalue weighted by molar-refractivity contribution is 7.92. The van der Waals surface area contributed by atoms with Gasteiger partial charge in [-0.25, -0.2) is 23.1 Å². The number of aromatic nitrogens is 2. The number of thiocarbonyl (C=S) groups is 1. The largest absolute Gasteiger partial charge is 0.356 e. The third-order valence-corrected chi connectivity index (χ3v) is 6.16. The van der Waals surface area contributed by atoms with E-state index < -0.39 is 10.0 Å². The zero-order chi connectivity index (χ0) is 21.7. The number of sulfonamides is 1. The lowest BCUT2D eigenvalue weighted by Crippen LogP contribution is -2.31. The van der Waals surface area contributed by atoms with Gasteiger partial charge in [0.05, 0.1) is 10.9 Å². The standard InChI is InChI=1S/C21H23N5O2S2/c1-14-5-6-17(13-15(14)2)16(3)24-21(29)25-18-7-9-19(10-8-18)30(27,28)26-20-22-11-4-12-23-20/h4-13,16H,1-3H3,(H,22,23,26)(H2,24,25,29). The Hall–Kier alpha value is -3.04. The Kier molecular flexibility index (Phi) is 6.63. The van der Waals surface area contributed by atoms with Gasteiger partial charge in [0, 0.05) is 18.1 Å². The lowest BCUT2D eigenvalue weighted by molar-refractivity contribution is 0.601. The Morgan fingerprint density at radius 2 is 1.67 bits per heavy atom. The van der Waals surface area contributed by atoms with Gasteiger partial charge in [-0.3, -0.25) is 0 Å². The predicted molar refractivity (Wildman–Crippen MR) is 123 cm³/mol. The molecule has 1 heterocycles. The highest BCUT2D eigenvalue weighted by Crippen LogP contribution is 2.18. The van der Waals surface area contributed by atoms with Crippen molar-refractivity contribution in [1.29, 1.82) is 0 Å². The summed E-state index contributed by atoms with van der Waals surface area (Å²) >= 11 is 5.39. The average Bonchev–Trinajstić information content (AvgIpc) is 2.70. The van der Waals surface area contributed by atoms with Crippen molar-refractivity contribution >= 4 is 39.0 Å². The lowest BCUT2D eigenvalue weighted by atomic mass is 10.0. The number of anilines is 2. The van der Waals surface area contributed by atoms with Crippen molar-refractivity contribution in [2.45, 2.75) is 31.7 Å². The van der Waals surface area contributed by atoms with Crippen LogP contribution in [0.15, 0.2) is 65.8 Å². The minimum absolute atomic E-state index is 0.0189. The molecular formula is C21H23N5O2S2. The van der Waals surface area contributed by atoms with E-state index in [2.05, 4.69) is 57.4 Å². The summed E-state index contributed by atoms with van der Waals surface area (Å²) in [5, 5.41) is 6.77. The van der Waals surface area contributed by atoms with Crippen molar-refractivity contribution in [3.8, 4) is 0 Å².